The highest BCUT2D eigenvalue weighted by atomic mass is 35.5. The number of rotatable bonds is 3. The van der Waals surface area contributed by atoms with Crippen LogP contribution in [0.5, 0.6) is 0 Å². The van der Waals surface area contributed by atoms with E-state index in [9.17, 15) is 4.79 Å². The number of hydrogen-bond acceptors (Lipinski definition) is 2. The van der Waals surface area contributed by atoms with Gasteiger partial charge in [0.15, 0.2) is 0 Å². The van der Waals surface area contributed by atoms with Gasteiger partial charge in [0.25, 0.3) is 0 Å². The second-order valence-electron chi connectivity index (χ2n) is 3.97. The third-order valence-electron chi connectivity index (χ3n) is 2.63. The molecule has 0 aliphatic rings. The monoisotopic (exact) mass is 270 g/mol. The topological polar surface area (TPSA) is 52.9 Å². The number of hydrogen-bond donors (Lipinski definition) is 1. The van der Waals surface area contributed by atoms with Crippen LogP contribution in [0.1, 0.15) is 11.1 Å². The summed E-state index contributed by atoms with van der Waals surface area (Å²) in [6, 6.07) is 16.1. The minimum absolute atomic E-state index is 0.180. The molecule has 2 aromatic carbocycles. The lowest BCUT2D eigenvalue weighted by Crippen LogP contribution is -2.15. The fraction of sp³-hybridized carbons (Fsp3) is 0.0667. The van der Waals surface area contributed by atoms with Gasteiger partial charge in [0.2, 0.25) is 5.91 Å². The maximum absolute atomic E-state index is 11.9. The van der Waals surface area contributed by atoms with Gasteiger partial charge in [-0.25, -0.2) is 0 Å². The number of carbonyl (C=O) groups excluding carboxylic acids is 1. The summed E-state index contributed by atoms with van der Waals surface area (Å²) in [5, 5.41) is 12.2. The van der Waals surface area contributed by atoms with Gasteiger partial charge < -0.3 is 5.32 Å². The summed E-state index contributed by atoms with van der Waals surface area (Å²) < 4.78 is 0. The molecule has 0 radical (unpaired) electrons. The van der Waals surface area contributed by atoms with Crippen molar-refractivity contribution in [2.45, 2.75) is 6.42 Å². The smallest absolute Gasteiger partial charge is 0.228 e. The van der Waals surface area contributed by atoms with Gasteiger partial charge in [-0.3, -0.25) is 4.79 Å². The number of benzene rings is 2. The first-order valence-corrected chi connectivity index (χ1v) is 6.11. The average molecular weight is 271 g/mol. The van der Waals surface area contributed by atoms with Gasteiger partial charge in [0.1, 0.15) is 6.07 Å². The molecule has 0 aromatic heterocycles. The highest BCUT2D eigenvalue weighted by Gasteiger charge is 2.08. The third-order valence-corrected chi connectivity index (χ3v) is 3.00. The summed E-state index contributed by atoms with van der Waals surface area (Å²) in [5.41, 5.74) is 1.72. The van der Waals surface area contributed by atoms with Crippen molar-refractivity contribution in [3.8, 4) is 6.07 Å². The molecule has 94 valence electrons. The lowest BCUT2D eigenvalue weighted by molar-refractivity contribution is -0.115. The molecule has 0 unspecified atom stereocenters. The molecule has 4 heteroatoms. The Kier molecular flexibility index (Phi) is 4.17. The average Bonchev–Trinajstić information content (AvgIpc) is 2.42. The van der Waals surface area contributed by atoms with Crippen LogP contribution >= 0.6 is 11.6 Å². The van der Waals surface area contributed by atoms with Gasteiger partial charge in [0, 0.05) is 5.02 Å². The molecular formula is C15H11ClN2O. The predicted molar refractivity (Wildman–Crippen MR) is 74.9 cm³/mol. The minimum atomic E-state index is -0.198. The van der Waals surface area contributed by atoms with E-state index in [-0.39, 0.29) is 12.3 Å². The second-order valence-corrected chi connectivity index (χ2v) is 4.38. The van der Waals surface area contributed by atoms with Gasteiger partial charge in [-0.2, -0.15) is 5.26 Å². The van der Waals surface area contributed by atoms with E-state index in [1.165, 1.54) is 0 Å². The summed E-state index contributed by atoms with van der Waals surface area (Å²) >= 11 is 6.00. The van der Waals surface area contributed by atoms with E-state index in [4.69, 9.17) is 16.9 Å². The van der Waals surface area contributed by atoms with Crippen molar-refractivity contribution in [2.24, 2.45) is 0 Å². The van der Waals surface area contributed by atoms with E-state index in [0.717, 1.165) is 5.56 Å². The highest BCUT2D eigenvalue weighted by Crippen LogP contribution is 2.17. The molecule has 0 spiro atoms. The number of para-hydroxylation sites is 1. The maximum atomic E-state index is 11.9. The number of anilines is 1. The molecule has 1 N–H and O–H groups in total. The Morgan fingerprint density at radius 3 is 2.58 bits per heavy atom. The first kappa shape index (κ1) is 13.1. The number of amides is 1. The summed E-state index contributed by atoms with van der Waals surface area (Å²) in [6.07, 6.45) is 0.180. The number of carbonyl (C=O) groups is 1. The van der Waals surface area contributed by atoms with E-state index in [1.54, 1.807) is 36.4 Å². The third kappa shape index (κ3) is 3.34. The lowest BCUT2D eigenvalue weighted by atomic mass is 10.1. The summed E-state index contributed by atoms with van der Waals surface area (Å²) in [4.78, 5) is 11.9. The van der Waals surface area contributed by atoms with Gasteiger partial charge >= 0.3 is 0 Å². The number of nitrogens with one attached hydrogen (secondary N) is 1. The molecular weight excluding hydrogens is 260 g/mol. The van der Waals surface area contributed by atoms with Crippen LogP contribution < -0.4 is 5.32 Å². The molecule has 3 nitrogen and oxygen atoms in total. The van der Waals surface area contributed by atoms with Gasteiger partial charge in [-0.15, -0.1) is 0 Å². The molecule has 2 aromatic rings. The Hall–Kier alpha value is -2.31. The lowest BCUT2D eigenvalue weighted by Gasteiger charge is -2.07. The van der Waals surface area contributed by atoms with Gasteiger partial charge in [-0.05, 0) is 23.8 Å². The Morgan fingerprint density at radius 2 is 1.84 bits per heavy atom. The molecule has 0 saturated carbocycles. The molecule has 0 heterocycles. The van der Waals surface area contributed by atoms with Crippen molar-refractivity contribution in [3.63, 3.8) is 0 Å². The first-order valence-electron chi connectivity index (χ1n) is 5.73. The number of nitrogens with zero attached hydrogens (tertiary/aromatic N) is 1. The Labute approximate surface area is 116 Å². The molecule has 0 aliphatic heterocycles. The molecule has 1 amide bonds. The van der Waals surface area contributed by atoms with Crippen molar-refractivity contribution >= 4 is 23.2 Å². The van der Waals surface area contributed by atoms with E-state index >= 15 is 0 Å². The summed E-state index contributed by atoms with van der Waals surface area (Å²) in [5.74, 6) is -0.198. The van der Waals surface area contributed by atoms with E-state index in [2.05, 4.69) is 5.32 Å². The SMILES string of the molecule is N#Cc1ccccc1NC(=O)Cc1ccccc1Cl. The van der Waals surface area contributed by atoms with Crippen molar-refractivity contribution < 1.29 is 4.79 Å². The Morgan fingerprint density at radius 1 is 1.16 bits per heavy atom. The Bertz CT molecular complexity index is 647. The van der Waals surface area contributed by atoms with E-state index in [1.807, 2.05) is 18.2 Å². The van der Waals surface area contributed by atoms with Crippen molar-refractivity contribution in [1.82, 2.24) is 0 Å². The molecule has 0 atom stereocenters. The van der Waals surface area contributed by atoms with Crippen LogP contribution in [0.3, 0.4) is 0 Å². The summed E-state index contributed by atoms with van der Waals surface area (Å²) in [6.45, 7) is 0. The number of halogens is 1. The first-order chi connectivity index (χ1) is 9.20. The van der Waals surface area contributed by atoms with Crippen molar-refractivity contribution in [1.29, 1.82) is 5.26 Å². The largest absolute Gasteiger partial charge is 0.325 e. The fourth-order valence-electron chi connectivity index (χ4n) is 1.70. The van der Waals surface area contributed by atoms with E-state index in [0.29, 0.717) is 16.3 Å². The zero-order valence-electron chi connectivity index (χ0n) is 10.1. The number of nitriles is 1. The van der Waals surface area contributed by atoms with Gasteiger partial charge in [0.05, 0.1) is 17.7 Å². The zero-order chi connectivity index (χ0) is 13.7. The predicted octanol–water partition coefficient (Wildman–Crippen LogP) is 3.39. The Balaban J connectivity index is 2.11. The summed E-state index contributed by atoms with van der Waals surface area (Å²) in [7, 11) is 0. The zero-order valence-corrected chi connectivity index (χ0v) is 10.8. The molecule has 0 aliphatic carbocycles. The molecule has 0 saturated heterocycles. The molecule has 2 rings (SSSR count). The fourth-order valence-corrected chi connectivity index (χ4v) is 1.90. The van der Waals surface area contributed by atoms with E-state index < -0.39 is 0 Å². The quantitative estimate of drug-likeness (QED) is 0.929. The minimum Gasteiger partial charge on any atom is -0.325 e. The molecule has 0 fully saturated rings. The van der Waals surface area contributed by atoms with Crippen molar-refractivity contribution in [2.75, 3.05) is 5.32 Å². The van der Waals surface area contributed by atoms with Crippen LogP contribution in [0.2, 0.25) is 5.02 Å². The highest BCUT2D eigenvalue weighted by molar-refractivity contribution is 6.31. The standard InChI is InChI=1S/C15H11ClN2O/c16-13-7-3-1-5-11(13)9-15(19)18-14-8-4-2-6-12(14)10-17/h1-8H,9H2,(H,18,19). The normalized spacial score (nSPS) is 9.68. The van der Waals surface area contributed by atoms with Crippen LogP contribution in [-0.4, -0.2) is 5.91 Å². The maximum Gasteiger partial charge on any atom is 0.228 e. The second kappa shape index (κ2) is 6.03. The molecule has 19 heavy (non-hydrogen) atoms. The van der Waals surface area contributed by atoms with Crippen LogP contribution in [0.4, 0.5) is 5.69 Å². The van der Waals surface area contributed by atoms with Gasteiger partial charge in [-0.1, -0.05) is 41.9 Å². The van der Waals surface area contributed by atoms with Crippen LogP contribution in [0.25, 0.3) is 0 Å². The van der Waals surface area contributed by atoms with Crippen LogP contribution in [0, 0.1) is 11.3 Å². The van der Waals surface area contributed by atoms with Crippen LogP contribution in [0.15, 0.2) is 48.5 Å². The van der Waals surface area contributed by atoms with Crippen LogP contribution in [-0.2, 0) is 11.2 Å². The molecule has 0 bridgehead atoms. The van der Waals surface area contributed by atoms with Crippen molar-refractivity contribution in [3.05, 3.63) is 64.7 Å².